The molecule has 116 valence electrons. The lowest BCUT2D eigenvalue weighted by Gasteiger charge is -2.15. The van der Waals surface area contributed by atoms with Gasteiger partial charge in [0.1, 0.15) is 5.56 Å². The SMILES string of the molecule is O=C(O)c1c(Cl)ccc(Cl)c1NS(=O)(=O)CC1CCCO1. The van der Waals surface area contributed by atoms with E-state index in [4.69, 9.17) is 33.0 Å². The summed E-state index contributed by atoms with van der Waals surface area (Å²) >= 11 is 11.7. The Balaban J connectivity index is 2.29. The Morgan fingerprint density at radius 3 is 2.62 bits per heavy atom. The Labute approximate surface area is 132 Å². The highest BCUT2D eigenvalue weighted by atomic mass is 35.5. The fourth-order valence-corrected chi connectivity index (χ4v) is 3.94. The minimum absolute atomic E-state index is 0.0345. The zero-order valence-corrected chi connectivity index (χ0v) is 13.1. The topological polar surface area (TPSA) is 92.7 Å². The summed E-state index contributed by atoms with van der Waals surface area (Å²) in [7, 11) is -3.79. The number of ether oxygens (including phenoxy) is 1. The van der Waals surface area contributed by atoms with Gasteiger partial charge in [-0.15, -0.1) is 0 Å². The number of hydrogen-bond acceptors (Lipinski definition) is 4. The van der Waals surface area contributed by atoms with Crippen LogP contribution in [0.2, 0.25) is 10.0 Å². The first-order valence-corrected chi connectivity index (χ1v) is 8.54. The van der Waals surface area contributed by atoms with Crippen molar-refractivity contribution < 1.29 is 23.1 Å². The van der Waals surface area contributed by atoms with Crippen LogP contribution in [0.1, 0.15) is 23.2 Å². The third-order valence-corrected chi connectivity index (χ3v) is 4.96. The number of aromatic carboxylic acids is 1. The van der Waals surface area contributed by atoms with Crippen LogP contribution >= 0.6 is 23.2 Å². The summed E-state index contributed by atoms with van der Waals surface area (Å²) < 4.78 is 31.7. The van der Waals surface area contributed by atoms with Crippen LogP contribution in [0.15, 0.2) is 12.1 Å². The number of carbonyl (C=O) groups is 1. The number of nitrogens with one attached hydrogen (secondary N) is 1. The predicted molar refractivity (Wildman–Crippen MR) is 79.8 cm³/mol. The molecule has 0 amide bonds. The summed E-state index contributed by atoms with van der Waals surface area (Å²) in [5, 5.41) is 9.02. The molecular weight excluding hydrogens is 341 g/mol. The Kier molecular flexibility index (Phi) is 4.98. The Morgan fingerprint density at radius 1 is 1.38 bits per heavy atom. The zero-order chi connectivity index (χ0) is 15.6. The highest BCUT2D eigenvalue weighted by Crippen LogP contribution is 2.33. The minimum atomic E-state index is -3.79. The summed E-state index contributed by atoms with van der Waals surface area (Å²) in [5.74, 6) is -1.62. The summed E-state index contributed by atoms with van der Waals surface area (Å²) in [6.07, 6.45) is 1.06. The van der Waals surface area contributed by atoms with E-state index in [2.05, 4.69) is 4.72 Å². The number of benzene rings is 1. The van der Waals surface area contributed by atoms with Gasteiger partial charge in [-0.1, -0.05) is 23.2 Å². The lowest BCUT2D eigenvalue weighted by Crippen LogP contribution is -2.26. The molecule has 0 saturated carbocycles. The molecule has 0 aliphatic carbocycles. The molecule has 2 rings (SSSR count). The Bertz CT molecular complexity index is 656. The molecular formula is C12H13Cl2NO5S. The third-order valence-electron chi connectivity index (χ3n) is 3.00. The molecule has 0 spiro atoms. The van der Waals surface area contributed by atoms with Crippen LogP contribution in [-0.4, -0.2) is 38.0 Å². The molecule has 0 radical (unpaired) electrons. The van der Waals surface area contributed by atoms with Gasteiger partial charge in [0, 0.05) is 6.61 Å². The van der Waals surface area contributed by atoms with Crippen molar-refractivity contribution in [1.82, 2.24) is 0 Å². The zero-order valence-electron chi connectivity index (χ0n) is 10.8. The van der Waals surface area contributed by atoms with Gasteiger partial charge in [-0.25, -0.2) is 13.2 Å². The minimum Gasteiger partial charge on any atom is -0.478 e. The summed E-state index contributed by atoms with van der Waals surface area (Å²) in [6.45, 7) is 0.526. The second-order valence-corrected chi connectivity index (χ2v) is 7.18. The number of rotatable bonds is 5. The second kappa shape index (κ2) is 6.39. The normalized spacial score (nSPS) is 18.7. The third kappa shape index (κ3) is 4.00. The fraction of sp³-hybridized carbons (Fsp3) is 0.417. The van der Waals surface area contributed by atoms with Gasteiger partial charge in [-0.2, -0.15) is 0 Å². The predicted octanol–water partition coefficient (Wildman–Crippen LogP) is 2.61. The van der Waals surface area contributed by atoms with Gasteiger partial charge in [-0.05, 0) is 25.0 Å². The van der Waals surface area contributed by atoms with Crippen LogP contribution in [-0.2, 0) is 14.8 Å². The molecule has 1 atom stereocenters. The summed E-state index contributed by atoms with van der Waals surface area (Å²) in [4.78, 5) is 11.2. The van der Waals surface area contributed by atoms with E-state index in [9.17, 15) is 13.2 Å². The van der Waals surface area contributed by atoms with Gasteiger partial charge in [0.2, 0.25) is 10.0 Å². The van der Waals surface area contributed by atoms with Crippen molar-refractivity contribution in [3.05, 3.63) is 27.7 Å². The van der Waals surface area contributed by atoms with Crippen molar-refractivity contribution in [2.75, 3.05) is 17.1 Å². The number of hydrogen-bond donors (Lipinski definition) is 2. The summed E-state index contributed by atoms with van der Waals surface area (Å²) in [6, 6.07) is 2.63. The monoisotopic (exact) mass is 353 g/mol. The lowest BCUT2D eigenvalue weighted by atomic mass is 10.2. The van der Waals surface area contributed by atoms with E-state index in [0.29, 0.717) is 13.0 Å². The maximum Gasteiger partial charge on any atom is 0.339 e. The standard InChI is InChI=1S/C12H13Cl2NO5S/c13-8-3-4-9(14)11(10(8)12(16)17)15-21(18,19)6-7-2-1-5-20-7/h3-4,7,15H,1-2,5-6H2,(H,16,17). The van der Waals surface area contributed by atoms with Crippen LogP contribution < -0.4 is 4.72 Å². The number of sulfonamides is 1. The van der Waals surface area contributed by atoms with Crippen molar-refractivity contribution >= 4 is 44.9 Å². The molecule has 1 heterocycles. The van der Waals surface area contributed by atoms with Crippen molar-refractivity contribution in [2.24, 2.45) is 0 Å². The van der Waals surface area contributed by atoms with Gasteiger partial charge >= 0.3 is 5.97 Å². The van der Waals surface area contributed by atoms with E-state index in [0.717, 1.165) is 6.42 Å². The van der Waals surface area contributed by atoms with E-state index >= 15 is 0 Å². The van der Waals surface area contributed by atoms with Crippen LogP contribution in [0.4, 0.5) is 5.69 Å². The maximum absolute atomic E-state index is 12.1. The number of carboxylic acid groups (broad SMARTS) is 1. The van der Waals surface area contributed by atoms with Gasteiger partial charge < -0.3 is 9.84 Å². The molecule has 6 nitrogen and oxygen atoms in total. The van der Waals surface area contributed by atoms with E-state index < -0.39 is 22.1 Å². The van der Waals surface area contributed by atoms with Crippen LogP contribution in [0, 0.1) is 0 Å². The quantitative estimate of drug-likeness (QED) is 0.848. The van der Waals surface area contributed by atoms with Crippen molar-refractivity contribution in [2.45, 2.75) is 18.9 Å². The fourth-order valence-electron chi connectivity index (χ4n) is 2.08. The molecule has 1 aromatic rings. The second-order valence-electron chi connectivity index (χ2n) is 4.60. The molecule has 1 aliphatic rings. The first kappa shape index (κ1) is 16.4. The molecule has 0 aromatic heterocycles. The van der Waals surface area contributed by atoms with E-state index in [1.54, 1.807) is 0 Å². The molecule has 21 heavy (non-hydrogen) atoms. The molecule has 1 aliphatic heterocycles. The highest BCUT2D eigenvalue weighted by Gasteiger charge is 2.26. The molecule has 1 fully saturated rings. The number of anilines is 1. The van der Waals surface area contributed by atoms with Gasteiger partial charge in [0.25, 0.3) is 0 Å². The maximum atomic E-state index is 12.1. The van der Waals surface area contributed by atoms with E-state index in [1.165, 1.54) is 12.1 Å². The average molecular weight is 354 g/mol. The number of carboxylic acids is 1. The van der Waals surface area contributed by atoms with Crippen LogP contribution in [0.5, 0.6) is 0 Å². The summed E-state index contributed by atoms with van der Waals surface area (Å²) in [5.41, 5.74) is -0.602. The van der Waals surface area contributed by atoms with E-state index in [1.807, 2.05) is 0 Å². The first-order chi connectivity index (χ1) is 9.80. The smallest absolute Gasteiger partial charge is 0.339 e. The van der Waals surface area contributed by atoms with Crippen LogP contribution in [0.3, 0.4) is 0 Å². The molecule has 1 unspecified atom stereocenters. The highest BCUT2D eigenvalue weighted by molar-refractivity contribution is 7.92. The van der Waals surface area contributed by atoms with Gasteiger partial charge in [0.15, 0.2) is 0 Å². The van der Waals surface area contributed by atoms with Crippen molar-refractivity contribution in [3.63, 3.8) is 0 Å². The molecule has 0 bridgehead atoms. The molecule has 9 heteroatoms. The van der Waals surface area contributed by atoms with Gasteiger partial charge in [-0.3, -0.25) is 4.72 Å². The average Bonchev–Trinajstić information content (AvgIpc) is 2.85. The van der Waals surface area contributed by atoms with Crippen LogP contribution in [0.25, 0.3) is 0 Å². The van der Waals surface area contributed by atoms with Crippen molar-refractivity contribution in [1.29, 1.82) is 0 Å². The molecule has 1 aromatic carbocycles. The van der Waals surface area contributed by atoms with E-state index in [-0.39, 0.29) is 27.0 Å². The van der Waals surface area contributed by atoms with Crippen molar-refractivity contribution in [3.8, 4) is 0 Å². The first-order valence-electron chi connectivity index (χ1n) is 6.13. The number of halogens is 2. The largest absolute Gasteiger partial charge is 0.478 e. The molecule has 2 N–H and O–H groups in total. The Hall–Kier alpha value is -1.02. The Morgan fingerprint density at radius 2 is 2.05 bits per heavy atom. The lowest BCUT2D eigenvalue weighted by molar-refractivity contribution is 0.0698. The van der Waals surface area contributed by atoms with Gasteiger partial charge in [0.05, 0.1) is 27.6 Å². The molecule has 1 saturated heterocycles.